The number of nitrogen functional groups attached to an aromatic ring is 1. The summed E-state index contributed by atoms with van der Waals surface area (Å²) in [6.07, 6.45) is 6.00. The van der Waals surface area contributed by atoms with E-state index in [9.17, 15) is 4.79 Å². The number of carbonyl (C=O) groups is 1. The van der Waals surface area contributed by atoms with Crippen molar-refractivity contribution >= 4 is 31.3 Å². The highest BCUT2D eigenvalue weighted by molar-refractivity contribution is 6.76. The number of amides is 1. The molecule has 0 spiro atoms. The molecule has 0 aliphatic rings. The number of nitrogens with one attached hydrogen (secondary N) is 1. The van der Waals surface area contributed by atoms with E-state index < -0.39 is 14.0 Å². The molecule has 1 atom stereocenters. The lowest BCUT2D eigenvalue weighted by atomic mass is 10.1. The third kappa shape index (κ3) is 7.18. The Labute approximate surface area is 228 Å². The second-order valence-corrected chi connectivity index (χ2v) is 15.9. The van der Waals surface area contributed by atoms with E-state index in [2.05, 4.69) is 39.9 Å². The largest absolute Gasteiger partial charge is 0.482 e. The van der Waals surface area contributed by atoms with Gasteiger partial charge in [0.25, 0.3) is 5.91 Å². The minimum Gasteiger partial charge on any atom is -0.482 e. The van der Waals surface area contributed by atoms with Crippen LogP contribution in [0.25, 0.3) is 11.3 Å². The molecule has 0 saturated heterocycles. The molecule has 0 aliphatic heterocycles. The van der Waals surface area contributed by atoms with Crippen LogP contribution in [0.15, 0.2) is 61.2 Å². The van der Waals surface area contributed by atoms with Gasteiger partial charge in [-0.15, -0.1) is 0 Å². The molecule has 5 N–H and O–H groups in total. The van der Waals surface area contributed by atoms with Gasteiger partial charge in [0.1, 0.15) is 41.5 Å². The maximum atomic E-state index is 12.8. The Morgan fingerprint density at radius 3 is 2.62 bits per heavy atom. The van der Waals surface area contributed by atoms with Gasteiger partial charge >= 0.3 is 0 Å². The monoisotopic (exact) mass is 546 g/mol. The Morgan fingerprint density at radius 2 is 1.95 bits per heavy atom. The Balaban J connectivity index is 1.71. The van der Waals surface area contributed by atoms with Crippen molar-refractivity contribution in [3.63, 3.8) is 0 Å². The third-order valence-electron chi connectivity index (χ3n) is 5.91. The zero-order chi connectivity index (χ0) is 28.0. The summed E-state index contributed by atoms with van der Waals surface area (Å²) >= 11 is 0. The average Bonchev–Trinajstić information content (AvgIpc) is 3.26. The minimum absolute atomic E-state index is 0.113. The van der Waals surface area contributed by atoms with Crippen LogP contribution in [0.5, 0.6) is 5.75 Å². The van der Waals surface area contributed by atoms with Crippen molar-refractivity contribution in [2.75, 3.05) is 17.7 Å². The van der Waals surface area contributed by atoms with Gasteiger partial charge in [0.05, 0.1) is 17.6 Å². The Kier molecular flexibility index (Phi) is 8.57. The topological polar surface area (TPSA) is 156 Å². The third-order valence-corrected chi connectivity index (χ3v) is 7.62. The van der Waals surface area contributed by atoms with Gasteiger partial charge in [-0.05, 0) is 37.2 Å². The Hall–Kier alpha value is -4.29. The van der Waals surface area contributed by atoms with Crippen LogP contribution in [0, 0.1) is 0 Å². The number of carbonyl (C=O) groups excluding carboxylic acids is 1. The van der Waals surface area contributed by atoms with Crippen molar-refractivity contribution in [2.45, 2.75) is 45.4 Å². The van der Waals surface area contributed by atoms with Crippen LogP contribution in [0.2, 0.25) is 25.7 Å². The average molecular weight is 547 g/mol. The summed E-state index contributed by atoms with van der Waals surface area (Å²) < 4.78 is 13.7. The number of anilines is 3. The van der Waals surface area contributed by atoms with E-state index in [0.717, 1.165) is 11.7 Å². The molecule has 0 unspecified atom stereocenters. The molecule has 3 heterocycles. The number of benzene rings is 1. The van der Waals surface area contributed by atoms with Gasteiger partial charge in [0, 0.05) is 38.8 Å². The summed E-state index contributed by atoms with van der Waals surface area (Å²) in [4.78, 5) is 25.5. The predicted molar refractivity (Wildman–Crippen MR) is 153 cm³/mol. The molecule has 3 aromatic heterocycles. The molecule has 0 saturated carbocycles. The molecule has 204 valence electrons. The van der Waals surface area contributed by atoms with E-state index in [0.29, 0.717) is 40.9 Å². The van der Waals surface area contributed by atoms with Crippen LogP contribution < -0.4 is 21.5 Å². The normalized spacial score (nSPS) is 12.2. The SMILES string of the molecule is C[C@H](Oc1cc(-c2nn(COCC[Si](C)(C)C)c(Nc3cnccn3)c2C(N)=O)ccc1N)c1ccccn1. The molecule has 4 rings (SSSR count). The molecule has 12 heteroatoms. The summed E-state index contributed by atoms with van der Waals surface area (Å²) in [5.74, 6) is 0.559. The van der Waals surface area contributed by atoms with Gasteiger partial charge in [-0.1, -0.05) is 31.8 Å². The number of rotatable bonds is 12. The number of nitrogens with two attached hydrogens (primary N) is 2. The van der Waals surface area contributed by atoms with Crippen molar-refractivity contribution in [2.24, 2.45) is 5.73 Å². The second-order valence-electron chi connectivity index (χ2n) is 10.3. The van der Waals surface area contributed by atoms with E-state index in [1.165, 1.54) is 0 Å². The first kappa shape index (κ1) is 27.7. The number of primary amides is 1. The molecule has 0 bridgehead atoms. The highest BCUT2D eigenvalue weighted by Crippen LogP contribution is 2.35. The number of aromatic nitrogens is 5. The van der Waals surface area contributed by atoms with Gasteiger partial charge in [0.2, 0.25) is 0 Å². The van der Waals surface area contributed by atoms with E-state index in [1.807, 2.05) is 25.1 Å². The Bertz CT molecular complexity index is 1410. The smallest absolute Gasteiger partial charge is 0.254 e. The molecule has 0 radical (unpaired) electrons. The maximum absolute atomic E-state index is 12.8. The molecule has 0 fully saturated rings. The van der Waals surface area contributed by atoms with Gasteiger partial charge in [-0.2, -0.15) is 5.10 Å². The van der Waals surface area contributed by atoms with Crippen molar-refractivity contribution in [3.05, 3.63) is 72.4 Å². The highest BCUT2D eigenvalue weighted by atomic mass is 28.3. The van der Waals surface area contributed by atoms with E-state index >= 15 is 0 Å². The summed E-state index contributed by atoms with van der Waals surface area (Å²) in [5.41, 5.74) is 14.5. The molecular formula is C27H34N8O3Si. The number of hydrogen-bond donors (Lipinski definition) is 3. The lowest BCUT2D eigenvalue weighted by Crippen LogP contribution is -2.22. The summed E-state index contributed by atoms with van der Waals surface area (Å²) in [6, 6.07) is 11.8. The predicted octanol–water partition coefficient (Wildman–Crippen LogP) is 4.61. The minimum atomic E-state index is -1.29. The molecule has 4 aromatic rings. The highest BCUT2D eigenvalue weighted by Gasteiger charge is 2.25. The van der Waals surface area contributed by atoms with Gasteiger partial charge in [0.15, 0.2) is 0 Å². The summed E-state index contributed by atoms with van der Waals surface area (Å²) in [7, 11) is -1.29. The van der Waals surface area contributed by atoms with E-state index in [4.69, 9.17) is 26.0 Å². The fourth-order valence-electron chi connectivity index (χ4n) is 3.78. The molecule has 1 aromatic carbocycles. The zero-order valence-corrected chi connectivity index (χ0v) is 23.6. The molecule has 39 heavy (non-hydrogen) atoms. The zero-order valence-electron chi connectivity index (χ0n) is 22.6. The first-order valence-corrected chi connectivity index (χ1v) is 16.3. The quantitative estimate of drug-likeness (QED) is 0.131. The van der Waals surface area contributed by atoms with Crippen LogP contribution in [-0.2, 0) is 11.5 Å². The van der Waals surface area contributed by atoms with Crippen LogP contribution in [0.4, 0.5) is 17.3 Å². The van der Waals surface area contributed by atoms with Crippen molar-refractivity contribution in [3.8, 4) is 17.0 Å². The molecule has 0 aliphatic carbocycles. The number of nitrogens with zero attached hydrogens (tertiary/aromatic N) is 5. The van der Waals surface area contributed by atoms with Crippen molar-refractivity contribution < 1.29 is 14.3 Å². The summed E-state index contributed by atoms with van der Waals surface area (Å²) in [6.45, 7) is 9.42. The molecule has 11 nitrogen and oxygen atoms in total. The molecule has 1 amide bonds. The van der Waals surface area contributed by atoms with Crippen molar-refractivity contribution in [1.29, 1.82) is 0 Å². The summed E-state index contributed by atoms with van der Waals surface area (Å²) in [5, 5.41) is 7.86. The van der Waals surface area contributed by atoms with E-state index in [-0.39, 0.29) is 18.4 Å². The number of hydrogen-bond acceptors (Lipinski definition) is 9. The van der Waals surface area contributed by atoms with Crippen LogP contribution in [0.3, 0.4) is 0 Å². The van der Waals surface area contributed by atoms with Crippen LogP contribution >= 0.6 is 0 Å². The first-order chi connectivity index (χ1) is 18.6. The lowest BCUT2D eigenvalue weighted by molar-refractivity contribution is 0.0802. The first-order valence-electron chi connectivity index (χ1n) is 12.6. The fraction of sp³-hybridized carbons (Fsp3) is 0.296. The fourth-order valence-corrected chi connectivity index (χ4v) is 4.54. The number of ether oxygens (including phenoxy) is 2. The molecular weight excluding hydrogens is 512 g/mol. The van der Waals surface area contributed by atoms with Crippen molar-refractivity contribution in [1.82, 2.24) is 24.7 Å². The standard InChI is InChI=1S/C27H34N8O3Si/c1-18(21-7-5-6-10-31-21)38-22-15-19(8-9-20(22)28)25-24(26(29)36)27(33-23-16-30-11-12-32-23)35(34-25)17-37-13-14-39(2,3)4/h5-12,15-16,18H,13-14,17,28H2,1-4H3,(H2,29,36)(H,32,33)/t18-/m0/s1. The van der Waals surface area contributed by atoms with Crippen LogP contribution in [0.1, 0.15) is 29.1 Å². The number of pyridine rings is 1. The van der Waals surface area contributed by atoms with Crippen LogP contribution in [-0.4, -0.2) is 45.3 Å². The van der Waals surface area contributed by atoms with E-state index in [1.54, 1.807) is 47.7 Å². The van der Waals surface area contributed by atoms with Gasteiger partial charge in [-0.25, -0.2) is 9.67 Å². The van der Waals surface area contributed by atoms with Gasteiger partial charge < -0.3 is 26.3 Å². The maximum Gasteiger partial charge on any atom is 0.254 e. The second kappa shape index (κ2) is 12.0. The lowest BCUT2D eigenvalue weighted by Gasteiger charge is -2.16. The Morgan fingerprint density at radius 1 is 1.13 bits per heavy atom. The van der Waals surface area contributed by atoms with Gasteiger partial charge in [-0.3, -0.25) is 14.8 Å².